The van der Waals surface area contributed by atoms with Crippen molar-refractivity contribution in [1.82, 2.24) is 19.6 Å². The second-order valence-corrected chi connectivity index (χ2v) is 8.99. The second-order valence-electron chi connectivity index (χ2n) is 8.99. The lowest BCUT2D eigenvalue weighted by atomic mass is 10.2. The van der Waals surface area contributed by atoms with Crippen LogP contribution in [0.25, 0.3) is 5.65 Å². The van der Waals surface area contributed by atoms with Gasteiger partial charge in [0.05, 0.1) is 11.8 Å². The van der Waals surface area contributed by atoms with E-state index in [1.807, 2.05) is 6.07 Å². The van der Waals surface area contributed by atoms with Gasteiger partial charge in [-0.2, -0.15) is 9.61 Å². The molecule has 0 aromatic carbocycles. The highest BCUT2D eigenvalue weighted by atomic mass is 16.6. The van der Waals surface area contributed by atoms with Gasteiger partial charge in [0.15, 0.2) is 11.4 Å². The molecule has 1 amide bonds. The van der Waals surface area contributed by atoms with Gasteiger partial charge >= 0.3 is 6.09 Å². The number of rotatable bonds is 8. The first kappa shape index (κ1) is 23.4. The van der Waals surface area contributed by atoms with Crippen LogP contribution in [0.2, 0.25) is 0 Å². The van der Waals surface area contributed by atoms with Crippen LogP contribution in [0, 0.1) is 0 Å². The summed E-state index contributed by atoms with van der Waals surface area (Å²) in [6.07, 6.45) is 4.63. The lowest BCUT2D eigenvalue weighted by Crippen LogP contribution is -2.35. The highest BCUT2D eigenvalue weighted by Crippen LogP contribution is 2.32. The van der Waals surface area contributed by atoms with Crippen molar-refractivity contribution in [3.63, 3.8) is 0 Å². The highest BCUT2D eigenvalue weighted by molar-refractivity contribution is 6.02. The number of ether oxygens (including phenoxy) is 3. The first-order chi connectivity index (χ1) is 16.2. The molecule has 3 heterocycles. The topological polar surface area (TPSA) is 120 Å². The van der Waals surface area contributed by atoms with E-state index in [-0.39, 0.29) is 29.7 Å². The number of nitrogens with zero attached hydrogens (tertiary/aromatic N) is 5. The van der Waals surface area contributed by atoms with E-state index in [0.717, 1.165) is 12.8 Å². The van der Waals surface area contributed by atoms with E-state index in [4.69, 9.17) is 14.2 Å². The van der Waals surface area contributed by atoms with Gasteiger partial charge in [-0.3, -0.25) is 9.69 Å². The largest absolute Gasteiger partial charge is 0.473 e. The molecule has 3 aromatic heterocycles. The number of fused-ring (bicyclic) bond motifs is 1. The molecule has 3 aromatic rings. The number of hydrogen-bond acceptors (Lipinski definition) is 9. The van der Waals surface area contributed by atoms with E-state index in [9.17, 15) is 9.59 Å². The van der Waals surface area contributed by atoms with Crippen LogP contribution in [0.1, 0.15) is 44.0 Å². The van der Waals surface area contributed by atoms with Crippen LogP contribution < -0.4 is 15.0 Å². The molecule has 1 aliphatic carbocycles. The molecule has 1 aliphatic rings. The van der Waals surface area contributed by atoms with Crippen LogP contribution in [0.4, 0.5) is 22.1 Å². The molecular weight excluding hydrogens is 440 g/mol. The molecular formula is C23H28N6O5. The minimum Gasteiger partial charge on any atom is -0.473 e. The van der Waals surface area contributed by atoms with E-state index in [0.29, 0.717) is 23.2 Å². The van der Waals surface area contributed by atoms with Gasteiger partial charge in [0, 0.05) is 26.4 Å². The summed E-state index contributed by atoms with van der Waals surface area (Å²) in [6.45, 7) is 5.23. The Hall–Kier alpha value is -3.73. The zero-order valence-corrected chi connectivity index (χ0v) is 19.9. The van der Waals surface area contributed by atoms with Crippen LogP contribution in [0.3, 0.4) is 0 Å². The molecule has 1 fully saturated rings. The Morgan fingerprint density at radius 3 is 2.74 bits per heavy atom. The third kappa shape index (κ3) is 5.25. The van der Waals surface area contributed by atoms with Crippen molar-refractivity contribution in [2.75, 3.05) is 31.0 Å². The Labute approximate surface area is 197 Å². The maximum Gasteiger partial charge on any atom is 0.415 e. The molecule has 0 atom stereocenters. The Kier molecular flexibility index (Phi) is 6.38. The minimum absolute atomic E-state index is 0.125. The summed E-state index contributed by atoms with van der Waals surface area (Å²) in [5.74, 6) is 0.898. The number of nitrogens with one attached hydrogen (secondary N) is 1. The minimum atomic E-state index is -0.687. The quantitative estimate of drug-likeness (QED) is 0.494. The van der Waals surface area contributed by atoms with Crippen molar-refractivity contribution in [3.8, 4) is 5.88 Å². The van der Waals surface area contributed by atoms with Gasteiger partial charge in [-0.15, -0.1) is 0 Å². The van der Waals surface area contributed by atoms with E-state index in [2.05, 4.69) is 20.4 Å². The maximum atomic E-state index is 12.8. The van der Waals surface area contributed by atoms with Crippen molar-refractivity contribution in [3.05, 3.63) is 36.2 Å². The third-order valence-electron chi connectivity index (χ3n) is 4.88. The van der Waals surface area contributed by atoms with Crippen molar-refractivity contribution in [1.29, 1.82) is 0 Å². The first-order valence-electron chi connectivity index (χ1n) is 10.9. The summed E-state index contributed by atoms with van der Waals surface area (Å²) in [6, 6.07) is 5.24. The van der Waals surface area contributed by atoms with Gasteiger partial charge in [0.1, 0.15) is 35.6 Å². The highest BCUT2D eigenvalue weighted by Gasteiger charge is 2.27. The molecule has 0 bridgehead atoms. The molecule has 180 valence electrons. The fourth-order valence-electron chi connectivity index (χ4n) is 3.14. The molecule has 0 saturated heterocycles. The van der Waals surface area contributed by atoms with Gasteiger partial charge in [-0.25, -0.2) is 14.8 Å². The van der Waals surface area contributed by atoms with Crippen LogP contribution in [0.15, 0.2) is 30.6 Å². The van der Waals surface area contributed by atoms with Gasteiger partial charge in [-0.05, 0) is 45.7 Å². The summed E-state index contributed by atoms with van der Waals surface area (Å²) in [5.41, 5.74) is 0.463. The normalized spacial score (nSPS) is 13.6. The molecule has 0 unspecified atom stereocenters. The molecule has 0 radical (unpaired) electrons. The number of ketones is 1. The van der Waals surface area contributed by atoms with Crippen LogP contribution >= 0.6 is 0 Å². The standard InChI is InChI=1S/C23H28N6O5/c1-23(2,3)34-22(31)28(4)19-11-18(26-16-7-6-10-24-21(16)33-14-8-9-14)27-20-15(12-25-29(19)20)17(30)13-32-5/h6-7,10-12,14H,8-9,13H2,1-5H3,(H,26,27). The smallest absolute Gasteiger partial charge is 0.415 e. The number of hydrogen-bond donors (Lipinski definition) is 1. The summed E-state index contributed by atoms with van der Waals surface area (Å²) >= 11 is 0. The first-order valence-corrected chi connectivity index (χ1v) is 10.9. The Morgan fingerprint density at radius 1 is 1.29 bits per heavy atom. The molecule has 0 aliphatic heterocycles. The Bertz CT molecular complexity index is 1210. The fraction of sp³-hybridized carbons (Fsp3) is 0.435. The summed E-state index contributed by atoms with van der Waals surface area (Å²) in [7, 11) is 3.01. The lowest BCUT2D eigenvalue weighted by molar-refractivity contribution is 0.0587. The van der Waals surface area contributed by atoms with E-state index >= 15 is 0 Å². The Balaban J connectivity index is 1.77. The zero-order valence-electron chi connectivity index (χ0n) is 19.9. The molecule has 1 saturated carbocycles. The van der Waals surface area contributed by atoms with Gasteiger partial charge in [-0.1, -0.05) is 0 Å². The number of amides is 1. The number of Topliss-reactive ketones (excluding diaryl/α,β-unsaturated/α-hetero) is 1. The lowest BCUT2D eigenvalue weighted by Gasteiger charge is -2.25. The van der Waals surface area contributed by atoms with Crippen LogP contribution in [0.5, 0.6) is 5.88 Å². The van der Waals surface area contributed by atoms with E-state index in [1.165, 1.54) is 22.7 Å². The van der Waals surface area contributed by atoms with Gasteiger partial charge in [0.25, 0.3) is 0 Å². The summed E-state index contributed by atoms with van der Waals surface area (Å²) in [4.78, 5) is 35.6. The van der Waals surface area contributed by atoms with Crippen LogP contribution in [-0.2, 0) is 9.47 Å². The zero-order chi connectivity index (χ0) is 24.5. The van der Waals surface area contributed by atoms with E-state index in [1.54, 1.807) is 46.1 Å². The van der Waals surface area contributed by atoms with Crippen LogP contribution in [-0.4, -0.2) is 63.9 Å². The number of aromatic nitrogens is 4. The number of anilines is 3. The van der Waals surface area contributed by atoms with E-state index < -0.39 is 11.7 Å². The SMILES string of the molecule is COCC(=O)c1cnn2c(N(C)C(=O)OC(C)(C)C)cc(Nc3cccnc3OC3CC3)nc12. The maximum absolute atomic E-state index is 12.8. The van der Waals surface area contributed by atoms with Crippen molar-refractivity contribution in [2.45, 2.75) is 45.3 Å². The van der Waals surface area contributed by atoms with Gasteiger partial charge < -0.3 is 19.5 Å². The average Bonchev–Trinajstić information content (AvgIpc) is 3.48. The number of carbonyl (C=O) groups is 2. The predicted octanol–water partition coefficient (Wildman–Crippen LogP) is 3.61. The van der Waals surface area contributed by atoms with Crippen molar-refractivity contribution < 1.29 is 23.8 Å². The number of carbonyl (C=O) groups excluding carboxylic acids is 2. The molecule has 4 rings (SSSR count). The molecule has 34 heavy (non-hydrogen) atoms. The number of methoxy groups -OCH3 is 1. The predicted molar refractivity (Wildman–Crippen MR) is 125 cm³/mol. The Morgan fingerprint density at radius 2 is 2.06 bits per heavy atom. The molecule has 0 spiro atoms. The second kappa shape index (κ2) is 9.26. The fourth-order valence-corrected chi connectivity index (χ4v) is 3.14. The van der Waals surface area contributed by atoms with Crippen molar-refractivity contribution >= 4 is 34.8 Å². The average molecular weight is 469 g/mol. The van der Waals surface area contributed by atoms with Crippen molar-refractivity contribution in [2.24, 2.45) is 0 Å². The van der Waals surface area contributed by atoms with Gasteiger partial charge in [0.2, 0.25) is 5.88 Å². The molecule has 11 heteroatoms. The monoisotopic (exact) mass is 468 g/mol. The summed E-state index contributed by atoms with van der Waals surface area (Å²) < 4.78 is 17.8. The summed E-state index contributed by atoms with van der Waals surface area (Å²) in [5, 5.41) is 7.51. The third-order valence-corrected chi connectivity index (χ3v) is 4.88. The molecule has 1 N–H and O–H groups in total. The number of pyridine rings is 1. The molecule has 11 nitrogen and oxygen atoms in total.